The van der Waals surface area contributed by atoms with Crippen molar-refractivity contribution in [3.63, 3.8) is 0 Å². The van der Waals surface area contributed by atoms with Crippen LogP contribution in [-0.2, 0) is 22.6 Å². The lowest BCUT2D eigenvalue weighted by Crippen LogP contribution is -2.39. The lowest BCUT2D eigenvalue weighted by Gasteiger charge is -2.28. The maximum Gasteiger partial charge on any atom is 0.264 e. The van der Waals surface area contributed by atoms with Gasteiger partial charge in [0.1, 0.15) is 11.6 Å². The summed E-state index contributed by atoms with van der Waals surface area (Å²) < 4.78 is 34.3. The zero-order valence-electron chi connectivity index (χ0n) is 28.4. The summed E-state index contributed by atoms with van der Waals surface area (Å²) in [5.74, 6) is -0.700. The number of nitriles is 1. The van der Waals surface area contributed by atoms with E-state index in [0.29, 0.717) is 38.2 Å². The van der Waals surface area contributed by atoms with Gasteiger partial charge in [-0.25, -0.2) is 13.8 Å². The number of halogens is 2. The van der Waals surface area contributed by atoms with E-state index in [-0.39, 0.29) is 46.1 Å². The summed E-state index contributed by atoms with van der Waals surface area (Å²) >= 11 is 0. The molecule has 2 heterocycles. The van der Waals surface area contributed by atoms with Gasteiger partial charge in [-0.1, -0.05) is 39.0 Å². The lowest BCUT2D eigenvalue weighted by atomic mass is 9.88. The fourth-order valence-electron chi connectivity index (χ4n) is 5.69. The van der Waals surface area contributed by atoms with Crippen molar-refractivity contribution in [2.45, 2.75) is 98.5 Å². The van der Waals surface area contributed by atoms with Crippen LogP contribution in [0.1, 0.15) is 89.2 Å². The number of nitrogens with zero attached hydrogens (tertiary/aromatic N) is 4. The largest absolute Gasteiger partial charge is 0.372 e. The molecule has 1 saturated heterocycles. The molecule has 2 atom stereocenters. The molecule has 1 aliphatic rings. The molecule has 0 bridgehead atoms. The number of alkyl halides is 2. The number of likely N-dealkylation sites (tertiary alicyclic amines) is 1. The van der Waals surface area contributed by atoms with Crippen molar-refractivity contribution in [2.24, 2.45) is 5.41 Å². The number of anilines is 1. The van der Waals surface area contributed by atoms with E-state index in [9.17, 15) is 23.6 Å². The van der Waals surface area contributed by atoms with Gasteiger partial charge in [0.05, 0.1) is 22.7 Å². The molecule has 252 valence electrons. The van der Waals surface area contributed by atoms with Crippen molar-refractivity contribution in [3.8, 4) is 6.07 Å². The molecule has 1 aliphatic heterocycles. The summed E-state index contributed by atoms with van der Waals surface area (Å²) in [4.78, 5) is 33.5. The average molecular weight is 649 g/mol. The van der Waals surface area contributed by atoms with Crippen LogP contribution in [0.5, 0.6) is 0 Å². The van der Waals surface area contributed by atoms with Gasteiger partial charge in [-0.2, -0.15) is 5.26 Å². The van der Waals surface area contributed by atoms with Crippen LogP contribution in [-0.4, -0.2) is 57.1 Å². The summed E-state index contributed by atoms with van der Waals surface area (Å²) in [6.45, 7) is 16.0. The number of hydrogen-bond donors (Lipinski definition) is 2. The number of amides is 2. The molecule has 11 heteroatoms. The van der Waals surface area contributed by atoms with E-state index in [4.69, 9.17) is 9.72 Å². The van der Waals surface area contributed by atoms with Crippen molar-refractivity contribution in [2.75, 3.05) is 18.5 Å². The molecule has 3 aromatic rings. The number of rotatable bonds is 12. The van der Waals surface area contributed by atoms with Gasteiger partial charge in [-0.3, -0.25) is 14.9 Å². The third-order valence-corrected chi connectivity index (χ3v) is 8.74. The third kappa shape index (κ3) is 8.82. The molecule has 1 fully saturated rings. The van der Waals surface area contributed by atoms with E-state index >= 15 is 0 Å². The molecule has 0 spiro atoms. The van der Waals surface area contributed by atoms with E-state index < -0.39 is 17.9 Å². The number of ether oxygens (including phenoxy) is 1. The Kier molecular flexibility index (Phi) is 11.2. The van der Waals surface area contributed by atoms with Crippen LogP contribution in [0, 0.1) is 16.7 Å². The Morgan fingerprint density at radius 3 is 2.57 bits per heavy atom. The van der Waals surface area contributed by atoms with Gasteiger partial charge in [-0.05, 0) is 81.9 Å². The SMILES string of the molecule is CCOC(C)(C)/C=C(\C#N)C(=O)N1CCC[C@@H]1Cn1c(NC(=O)c2cccc(C(F)F)c2)nc2cc(CN[C@@H](C)C(C)(C)C)ccc21. The van der Waals surface area contributed by atoms with Crippen LogP contribution in [0.15, 0.2) is 54.1 Å². The van der Waals surface area contributed by atoms with Crippen molar-refractivity contribution in [1.82, 2.24) is 19.8 Å². The maximum atomic E-state index is 13.7. The molecule has 9 nitrogen and oxygen atoms in total. The summed E-state index contributed by atoms with van der Waals surface area (Å²) in [6, 6.07) is 13.3. The molecule has 47 heavy (non-hydrogen) atoms. The number of carbonyl (C=O) groups is 2. The Balaban J connectivity index is 1.68. The highest BCUT2D eigenvalue weighted by molar-refractivity contribution is 6.04. The van der Waals surface area contributed by atoms with E-state index in [1.807, 2.05) is 29.7 Å². The highest BCUT2D eigenvalue weighted by Crippen LogP contribution is 2.29. The molecule has 2 amide bonds. The van der Waals surface area contributed by atoms with E-state index in [1.165, 1.54) is 24.3 Å². The summed E-state index contributed by atoms with van der Waals surface area (Å²) in [6.07, 6.45) is 0.296. The molecular formula is C36H46F2N6O3. The first-order valence-corrected chi connectivity index (χ1v) is 16.1. The molecule has 2 N–H and O–H groups in total. The number of imidazole rings is 1. The smallest absolute Gasteiger partial charge is 0.264 e. The third-order valence-electron chi connectivity index (χ3n) is 8.74. The average Bonchev–Trinajstić information content (AvgIpc) is 3.62. The number of nitrogens with one attached hydrogen (secondary N) is 2. The Labute approximate surface area is 276 Å². The zero-order chi connectivity index (χ0) is 34.5. The van der Waals surface area contributed by atoms with Gasteiger partial charge >= 0.3 is 0 Å². The minimum absolute atomic E-state index is 0.0138. The first-order valence-electron chi connectivity index (χ1n) is 16.1. The number of carbonyl (C=O) groups excluding carboxylic acids is 2. The molecule has 0 saturated carbocycles. The number of fused-ring (bicyclic) bond motifs is 1. The molecule has 0 aliphatic carbocycles. The van der Waals surface area contributed by atoms with Crippen molar-refractivity contribution in [1.29, 1.82) is 5.26 Å². The molecule has 0 radical (unpaired) electrons. The summed E-state index contributed by atoms with van der Waals surface area (Å²) in [5.41, 5.74) is 1.55. The monoisotopic (exact) mass is 648 g/mol. The Hall–Kier alpha value is -4.14. The van der Waals surface area contributed by atoms with Gasteiger partial charge in [-0.15, -0.1) is 0 Å². The zero-order valence-corrected chi connectivity index (χ0v) is 28.4. The van der Waals surface area contributed by atoms with Crippen LogP contribution in [0.3, 0.4) is 0 Å². The summed E-state index contributed by atoms with van der Waals surface area (Å²) in [5, 5.41) is 16.3. The maximum absolute atomic E-state index is 13.7. The molecular weight excluding hydrogens is 602 g/mol. The molecule has 0 unspecified atom stereocenters. The quantitative estimate of drug-likeness (QED) is 0.162. The van der Waals surface area contributed by atoms with Crippen molar-refractivity contribution < 1.29 is 23.1 Å². The fraction of sp³-hybridized carbons (Fsp3) is 0.500. The predicted molar refractivity (Wildman–Crippen MR) is 179 cm³/mol. The van der Waals surface area contributed by atoms with Crippen LogP contribution in [0.25, 0.3) is 11.0 Å². The van der Waals surface area contributed by atoms with Gasteiger partial charge in [0, 0.05) is 43.4 Å². The van der Waals surface area contributed by atoms with E-state index in [1.54, 1.807) is 24.8 Å². The predicted octanol–water partition coefficient (Wildman–Crippen LogP) is 7.01. The van der Waals surface area contributed by atoms with E-state index in [0.717, 1.165) is 17.5 Å². The standard InChI is InChI=1S/C36H46F2N6O3/c1-8-47-36(6,7)19-27(20-39)33(46)43-16-10-13-28(43)22-44-30-15-14-24(21-40-23(2)35(3,4)5)17-29(30)41-34(44)42-32(45)26-12-9-11-25(18-26)31(37)38/h9,11-12,14-15,17-19,23,28,31,40H,8,10,13,16,21-22H2,1-7H3,(H,41,42,45)/b27-19+/t23-,28+/m0/s1. The number of aromatic nitrogens is 2. The lowest BCUT2D eigenvalue weighted by molar-refractivity contribution is -0.127. The second-order valence-corrected chi connectivity index (χ2v) is 13.7. The minimum Gasteiger partial charge on any atom is -0.372 e. The fourth-order valence-corrected chi connectivity index (χ4v) is 5.69. The van der Waals surface area contributed by atoms with Crippen molar-refractivity contribution >= 4 is 28.8 Å². The Morgan fingerprint density at radius 1 is 1.17 bits per heavy atom. The van der Waals surface area contributed by atoms with Gasteiger partial charge in [0.25, 0.3) is 18.2 Å². The van der Waals surface area contributed by atoms with Crippen LogP contribution >= 0.6 is 0 Å². The second-order valence-electron chi connectivity index (χ2n) is 13.7. The van der Waals surface area contributed by atoms with Crippen molar-refractivity contribution in [3.05, 3.63) is 70.8 Å². The van der Waals surface area contributed by atoms with Crippen LogP contribution in [0.2, 0.25) is 0 Å². The summed E-state index contributed by atoms with van der Waals surface area (Å²) in [7, 11) is 0. The first kappa shape index (κ1) is 35.7. The Bertz CT molecular complexity index is 1670. The number of hydrogen-bond acceptors (Lipinski definition) is 6. The minimum atomic E-state index is -2.71. The highest BCUT2D eigenvalue weighted by atomic mass is 19.3. The van der Waals surface area contributed by atoms with Gasteiger partial charge in [0.2, 0.25) is 5.95 Å². The van der Waals surface area contributed by atoms with Crippen LogP contribution < -0.4 is 10.6 Å². The molecule has 1 aromatic heterocycles. The molecule has 2 aromatic carbocycles. The van der Waals surface area contributed by atoms with Crippen LogP contribution in [0.4, 0.5) is 14.7 Å². The normalized spacial score (nSPS) is 16.5. The number of benzene rings is 2. The first-order chi connectivity index (χ1) is 22.1. The van der Waals surface area contributed by atoms with E-state index in [2.05, 4.69) is 44.4 Å². The topological polar surface area (TPSA) is 112 Å². The highest BCUT2D eigenvalue weighted by Gasteiger charge is 2.33. The van der Waals surface area contributed by atoms with Gasteiger partial charge in [0.15, 0.2) is 0 Å². The Morgan fingerprint density at radius 2 is 1.91 bits per heavy atom. The van der Waals surface area contributed by atoms with Gasteiger partial charge < -0.3 is 19.5 Å². The second kappa shape index (κ2) is 14.7. The molecule has 4 rings (SSSR count).